The number of nitriles is 1. The van der Waals surface area contributed by atoms with Crippen molar-refractivity contribution in [1.82, 2.24) is 10.6 Å². The Hall–Kier alpha value is -5.37. The van der Waals surface area contributed by atoms with Crippen molar-refractivity contribution in [2.75, 3.05) is 0 Å². The maximum Gasteiger partial charge on any atom is 0.306 e. The number of nitrogens with zero attached hydrogens (tertiary/aromatic N) is 1. The van der Waals surface area contributed by atoms with Gasteiger partial charge in [-0.05, 0) is 46.6 Å². The fraction of sp³-hybridized carbons (Fsp3) is 0.425. The van der Waals surface area contributed by atoms with E-state index in [2.05, 4.69) is 10.6 Å². The Balaban J connectivity index is 1.69. The second kappa shape index (κ2) is 19.7. The molecule has 0 aromatic heterocycles. The molecule has 0 aliphatic rings. The molecule has 0 aliphatic heterocycles. The van der Waals surface area contributed by atoms with Crippen molar-refractivity contribution >= 4 is 46.0 Å². The second-order valence-corrected chi connectivity index (χ2v) is 13.5. The molecule has 1 unspecified atom stereocenters. The number of esters is 1. The van der Waals surface area contributed by atoms with E-state index in [-0.39, 0.29) is 31.8 Å². The number of amides is 3. The van der Waals surface area contributed by atoms with Gasteiger partial charge in [0.1, 0.15) is 12.6 Å². The second-order valence-electron chi connectivity index (χ2n) is 13.5. The number of carbonyl (C=O) groups is 6. The van der Waals surface area contributed by atoms with E-state index in [0.29, 0.717) is 12.8 Å². The van der Waals surface area contributed by atoms with Gasteiger partial charge in [0.15, 0.2) is 5.78 Å². The minimum atomic E-state index is -1.38. The first-order valence-corrected chi connectivity index (χ1v) is 17.3. The van der Waals surface area contributed by atoms with Crippen LogP contribution < -0.4 is 16.4 Å². The minimum absolute atomic E-state index is 0.0342. The Morgan fingerprint density at radius 1 is 0.824 bits per heavy atom. The normalized spacial score (nSPS) is 14.0. The molecule has 51 heavy (non-hydrogen) atoms. The number of ether oxygens (including phenoxy) is 1. The molecule has 0 fully saturated rings. The molecule has 0 radical (unpaired) electrons. The molecule has 0 spiro atoms. The van der Waals surface area contributed by atoms with Gasteiger partial charge in [0, 0.05) is 18.3 Å². The molecule has 3 rings (SSSR count). The fourth-order valence-electron chi connectivity index (χ4n) is 5.84. The molecule has 0 saturated carbocycles. The Morgan fingerprint density at radius 2 is 1.49 bits per heavy atom. The van der Waals surface area contributed by atoms with Crippen LogP contribution in [0.3, 0.4) is 0 Å². The summed E-state index contributed by atoms with van der Waals surface area (Å²) < 4.78 is 5.39. The van der Waals surface area contributed by atoms with E-state index in [0.717, 1.165) is 21.9 Å². The van der Waals surface area contributed by atoms with Gasteiger partial charge in [0.25, 0.3) is 5.91 Å². The maximum atomic E-state index is 13.6. The molecule has 0 bridgehead atoms. The molecule has 3 amide bonds. The van der Waals surface area contributed by atoms with Crippen molar-refractivity contribution < 1.29 is 33.5 Å². The number of hydrogen-bond donors (Lipinski definition) is 3. The SMILES string of the molecule is CC[C@H](C)C(NC(=O)[C@@H](CC(=O)OCc1ccccc1)CC(C)C)C(=O)C(=O)N[C@@H](CC#N)C(=O)C[C@@H](Cc1ccc2ccccc2c1)C(N)=O. The maximum absolute atomic E-state index is 13.6. The number of primary amides is 1. The lowest BCUT2D eigenvalue weighted by molar-refractivity contribution is -0.149. The van der Waals surface area contributed by atoms with Gasteiger partial charge in [-0.2, -0.15) is 5.26 Å². The highest BCUT2D eigenvalue weighted by molar-refractivity contribution is 6.39. The summed E-state index contributed by atoms with van der Waals surface area (Å²) in [5.41, 5.74) is 7.25. The van der Waals surface area contributed by atoms with Crippen molar-refractivity contribution in [3.8, 4) is 6.07 Å². The van der Waals surface area contributed by atoms with Gasteiger partial charge >= 0.3 is 5.97 Å². The molecule has 3 aromatic rings. The lowest BCUT2D eigenvalue weighted by Crippen LogP contribution is -2.54. The zero-order valence-corrected chi connectivity index (χ0v) is 29.7. The quantitative estimate of drug-likeness (QED) is 0.112. The first-order chi connectivity index (χ1) is 24.3. The van der Waals surface area contributed by atoms with Crippen LogP contribution in [0.25, 0.3) is 10.8 Å². The van der Waals surface area contributed by atoms with Crippen LogP contribution in [0.5, 0.6) is 0 Å². The zero-order valence-electron chi connectivity index (χ0n) is 29.7. The van der Waals surface area contributed by atoms with Crippen molar-refractivity contribution in [1.29, 1.82) is 5.26 Å². The number of rotatable bonds is 20. The smallest absolute Gasteiger partial charge is 0.306 e. The summed E-state index contributed by atoms with van der Waals surface area (Å²) in [5.74, 6) is -6.82. The summed E-state index contributed by atoms with van der Waals surface area (Å²) >= 11 is 0. The summed E-state index contributed by atoms with van der Waals surface area (Å²) in [7, 11) is 0. The number of ketones is 2. The standard InChI is InChI=1S/C40H48N4O7/c1-5-26(4)36(44-39(49)32(19-25(2)3)23-35(46)51-24-27-11-7-6-8-12-27)37(47)40(50)43-33(17-18-41)34(45)22-31(38(42)48)21-28-15-16-29-13-9-10-14-30(29)20-28/h6-16,20,25-26,31-33,36H,5,17,19,21-24H2,1-4H3,(H2,42,48)(H,43,50)(H,44,49)/t26-,31+,32+,33-,36?/m0/s1. The van der Waals surface area contributed by atoms with Crippen LogP contribution in [0.4, 0.5) is 0 Å². The van der Waals surface area contributed by atoms with Crippen LogP contribution in [-0.4, -0.2) is 47.3 Å². The predicted molar refractivity (Wildman–Crippen MR) is 192 cm³/mol. The molecular formula is C40H48N4O7. The number of hydrogen-bond acceptors (Lipinski definition) is 8. The van der Waals surface area contributed by atoms with Crippen molar-refractivity contribution in [2.45, 2.75) is 84.9 Å². The Morgan fingerprint density at radius 3 is 2.12 bits per heavy atom. The third-order valence-electron chi connectivity index (χ3n) is 8.93. The van der Waals surface area contributed by atoms with E-state index in [1.54, 1.807) is 13.8 Å². The number of Topliss-reactive ketones (excluding diaryl/α,β-unsaturated/α-hetero) is 2. The monoisotopic (exact) mass is 696 g/mol. The largest absolute Gasteiger partial charge is 0.461 e. The molecule has 4 N–H and O–H groups in total. The van der Waals surface area contributed by atoms with E-state index >= 15 is 0 Å². The van der Waals surface area contributed by atoms with Crippen molar-refractivity contribution in [2.24, 2.45) is 29.4 Å². The summed E-state index contributed by atoms with van der Waals surface area (Å²) in [5, 5.41) is 16.5. The van der Waals surface area contributed by atoms with Gasteiger partial charge in [-0.3, -0.25) is 28.8 Å². The average Bonchev–Trinajstić information content (AvgIpc) is 3.11. The summed E-state index contributed by atoms with van der Waals surface area (Å²) in [6, 6.07) is 21.7. The number of benzene rings is 3. The van der Waals surface area contributed by atoms with E-state index in [1.165, 1.54) is 0 Å². The van der Waals surface area contributed by atoms with Crippen LogP contribution in [-0.2, 0) is 46.5 Å². The summed E-state index contributed by atoms with van der Waals surface area (Å²) in [4.78, 5) is 78.9. The van der Waals surface area contributed by atoms with Crippen LogP contribution in [0.15, 0.2) is 72.8 Å². The van der Waals surface area contributed by atoms with Crippen LogP contribution in [0.1, 0.15) is 70.9 Å². The number of carbonyl (C=O) groups excluding carboxylic acids is 6. The number of fused-ring (bicyclic) bond motifs is 1. The lowest BCUT2D eigenvalue weighted by atomic mass is 9.89. The van der Waals surface area contributed by atoms with Crippen LogP contribution in [0.2, 0.25) is 0 Å². The van der Waals surface area contributed by atoms with Gasteiger partial charge in [0.2, 0.25) is 17.6 Å². The van der Waals surface area contributed by atoms with Crippen molar-refractivity contribution in [3.63, 3.8) is 0 Å². The molecule has 11 heteroatoms. The fourth-order valence-corrected chi connectivity index (χ4v) is 5.84. The highest BCUT2D eigenvalue weighted by Crippen LogP contribution is 2.22. The van der Waals surface area contributed by atoms with Gasteiger partial charge in [0.05, 0.1) is 25.0 Å². The summed E-state index contributed by atoms with van der Waals surface area (Å²) in [6.07, 6.45) is -0.0969. The molecule has 0 saturated heterocycles. The number of nitrogens with one attached hydrogen (secondary N) is 2. The molecule has 0 aliphatic carbocycles. The topological polar surface area (TPSA) is 186 Å². The van der Waals surface area contributed by atoms with Crippen LogP contribution >= 0.6 is 0 Å². The van der Waals surface area contributed by atoms with Gasteiger partial charge in [-0.1, -0.05) is 107 Å². The van der Waals surface area contributed by atoms with Crippen molar-refractivity contribution in [3.05, 3.63) is 83.9 Å². The average molecular weight is 697 g/mol. The molecule has 270 valence electrons. The Kier molecular flexibility index (Phi) is 15.5. The highest BCUT2D eigenvalue weighted by atomic mass is 16.5. The molecule has 0 heterocycles. The van der Waals surface area contributed by atoms with E-state index in [1.807, 2.05) is 92.7 Å². The van der Waals surface area contributed by atoms with Crippen LogP contribution in [0, 0.1) is 35.0 Å². The zero-order chi connectivity index (χ0) is 37.5. The van der Waals surface area contributed by atoms with Gasteiger partial charge in [-0.15, -0.1) is 0 Å². The molecule has 5 atom stereocenters. The van der Waals surface area contributed by atoms with Gasteiger partial charge in [-0.25, -0.2) is 0 Å². The highest BCUT2D eigenvalue weighted by Gasteiger charge is 2.36. The first kappa shape index (κ1) is 40.1. The first-order valence-electron chi connectivity index (χ1n) is 17.3. The molecular weight excluding hydrogens is 648 g/mol. The minimum Gasteiger partial charge on any atom is -0.461 e. The Labute approximate surface area is 299 Å². The number of nitrogens with two attached hydrogens (primary N) is 1. The third kappa shape index (κ3) is 12.5. The predicted octanol–water partition coefficient (Wildman–Crippen LogP) is 4.74. The third-order valence-corrected chi connectivity index (χ3v) is 8.93. The Bertz CT molecular complexity index is 1730. The van der Waals surface area contributed by atoms with Gasteiger partial charge < -0.3 is 21.1 Å². The van der Waals surface area contributed by atoms with E-state index in [4.69, 9.17) is 10.5 Å². The van der Waals surface area contributed by atoms with E-state index < -0.39 is 71.5 Å². The molecule has 3 aromatic carbocycles. The lowest BCUT2D eigenvalue weighted by Gasteiger charge is -2.26. The summed E-state index contributed by atoms with van der Waals surface area (Å²) in [6.45, 7) is 7.34. The molecule has 11 nitrogen and oxygen atoms in total. The van der Waals surface area contributed by atoms with E-state index in [9.17, 15) is 34.0 Å².